The molecule has 0 N–H and O–H groups in total. The molecule has 2 atom stereocenters. The van der Waals surface area contributed by atoms with Crippen LogP contribution in [0.1, 0.15) is 17.0 Å². The van der Waals surface area contributed by atoms with Crippen molar-refractivity contribution in [2.24, 2.45) is 5.92 Å². The number of carbonyl (C=O) groups is 1. The zero-order chi connectivity index (χ0) is 16.2. The van der Waals surface area contributed by atoms with E-state index >= 15 is 0 Å². The van der Waals surface area contributed by atoms with Crippen LogP contribution in [0.2, 0.25) is 0 Å². The average Bonchev–Trinajstić information content (AvgIpc) is 2.99. The molecule has 1 fully saturated rings. The second-order valence-corrected chi connectivity index (χ2v) is 6.79. The number of hydrogen-bond donors (Lipinski definition) is 0. The molecule has 1 aliphatic heterocycles. The van der Waals surface area contributed by atoms with E-state index < -0.39 is 0 Å². The van der Waals surface area contributed by atoms with Crippen LogP contribution in [-0.2, 0) is 16.1 Å². The fraction of sp³-hybridized carbons (Fsp3) is 0.316. The monoisotopic (exact) mass is 373 g/mol. The standard InChI is InChI=1S/C19H20BrNO2/c1-23-19(22)17-13-21(11-14-7-3-2-4-8-14)12-16(17)15-9-5-6-10-18(15)20/h2-10,16-17H,11-13H2,1H3. The third-order valence-electron chi connectivity index (χ3n) is 4.45. The van der Waals surface area contributed by atoms with Crippen LogP contribution < -0.4 is 0 Å². The van der Waals surface area contributed by atoms with Crippen molar-refractivity contribution in [1.29, 1.82) is 0 Å². The first-order valence-corrected chi connectivity index (χ1v) is 8.57. The number of hydrogen-bond acceptors (Lipinski definition) is 3. The van der Waals surface area contributed by atoms with Crippen LogP contribution in [0, 0.1) is 5.92 Å². The summed E-state index contributed by atoms with van der Waals surface area (Å²) in [7, 11) is 1.47. The fourth-order valence-electron chi connectivity index (χ4n) is 3.34. The summed E-state index contributed by atoms with van der Waals surface area (Å²) in [6.45, 7) is 2.44. The molecule has 0 radical (unpaired) electrons. The smallest absolute Gasteiger partial charge is 0.310 e. The van der Waals surface area contributed by atoms with E-state index in [0.717, 1.165) is 24.1 Å². The van der Waals surface area contributed by atoms with Crippen molar-refractivity contribution in [3.63, 3.8) is 0 Å². The minimum absolute atomic E-state index is 0.123. The quantitative estimate of drug-likeness (QED) is 0.762. The predicted octanol–water partition coefficient (Wildman–Crippen LogP) is 3.84. The average molecular weight is 374 g/mol. The summed E-state index contributed by atoms with van der Waals surface area (Å²) in [6.07, 6.45) is 0. The van der Waals surface area contributed by atoms with Gasteiger partial charge in [0.25, 0.3) is 0 Å². The van der Waals surface area contributed by atoms with Crippen LogP contribution in [0.5, 0.6) is 0 Å². The van der Waals surface area contributed by atoms with Gasteiger partial charge in [-0.05, 0) is 17.2 Å². The molecule has 3 nitrogen and oxygen atoms in total. The molecule has 1 saturated heterocycles. The summed E-state index contributed by atoms with van der Waals surface area (Å²) in [6, 6.07) is 18.5. The molecule has 120 valence electrons. The number of rotatable bonds is 4. The number of carbonyl (C=O) groups excluding carboxylic acids is 1. The molecule has 2 unspecified atom stereocenters. The highest BCUT2D eigenvalue weighted by Gasteiger charge is 2.39. The first-order valence-electron chi connectivity index (χ1n) is 7.77. The maximum absolute atomic E-state index is 12.2. The van der Waals surface area contributed by atoms with Crippen molar-refractivity contribution >= 4 is 21.9 Å². The highest BCUT2D eigenvalue weighted by atomic mass is 79.9. The highest BCUT2D eigenvalue weighted by Crippen LogP contribution is 2.37. The molecule has 0 bridgehead atoms. The fourth-order valence-corrected chi connectivity index (χ4v) is 3.92. The van der Waals surface area contributed by atoms with Crippen molar-refractivity contribution in [1.82, 2.24) is 4.90 Å². The zero-order valence-corrected chi connectivity index (χ0v) is 14.7. The Hall–Kier alpha value is -1.65. The Balaban J connectivity index is 1.82. The van der Waals surface area contributed by atoms with Crippen molar-refractivity contribution in [2.45, 2.75) is 12.5 Å². The van der Waals surface area contributed by atoms with E-state index in [9.17, 15) is 4.79 Å². The molecule has 0 spiro atoms. The molecular weight excluding hydrogens is 354 g/mol. The van der Waals surface area contributed by atoms with Gasteiger partial charge in [0.2, 0.25) is 0 Å². The van der Waals surface area contributed by atoms with Gasteiger partial charge in [-0.3, -0.25) is 9.69 Å². The first kappa shape index (κ1) is 16.2. The Morgan fingerprint density at radius 1 is 1.13 bits per heavy atom. The molecule has 23 heavy (non-hydrogen) atoms. The Morgan fingerprint density at radius 2 is 1.83 bits per heavy atom. The van der Waals surface area contributed by atoms with Crippen LogP contribution in [0.4, 0.5) is 0 Å². The van der Waals surface area contributed by atoms with E-state index in [4.69, 9.17) is 4.74 Å². The van der Waals surface area contributed by atoms with Crippen molar-refractivity contribution in [3.8, 4) is 0 Å². The second-order valence-electron chi connectivity index (χ2n) is 5.94. The Bertz CT molecular complexity index is 674. The molecule has 1 aliphatic rings. The summed E-state index contributed by atoms with van der Waals surface area (Å²) in [4.78, 5) is 14.6. The Morgan fingerprint density at radius 3 is 2.52 bits per heavy atom. The normalized spacial score (nSPS) is 21.3. The molecular formula is C19H20BrNO2. The second kappa shape index (κ2) is 7.28. The summed E-state index contributed by atoms with van der Waals surface area (Å²) >= 11 is 3.62. The van der Waals surface area contributed by atoms with E-state index in [1.807, 2.05) is 24.3 Å². The van der Waals surface area contributed by atoms with E-state index in [1.54, 1.807) is 0 Å². The van der Waals surface area contributed by atoms with Gasteiger partial charge in [-0.25, -0.2) is 0 Å². The largest absolute Gasteiger partial charge is 0.469 e. The van der Waals surface area contributed by atoms with Crippen LogP contribution >= 0.6 is 15.9 Å². The van der Waals surface area contributed by atoms with Gasteiger partial charge in [-0.2, -0.15) is 0 Å². The molecule has 3 rings (SSSR count). The minimum atomic E-state index is -0.124. The molecule has 2 aromatic rings. The Labute approximate surface area is 145 Å². The third kappa shape index (κ3) is 3.65. The van der Waals surface area contributed by atoms with Crippen LogP contribution in [0.3, 0.4) is 0 Å². The molecule has 1 heterocycles. The van der Waals surface area contributed by atoms with Crippen molar-refractivity contribution < 1.29 is 9.53 Å². The molecule has 0 amide bonds. The SMILES string of the molecule is COC(=O)C1CN(Cc2ccccc2)CC1c1ccccc1Br. The Kier molecular flexibility index (Phi) is 5.13. The summed E-state index contributed by atoms with van der Waals surface area (Å²) in [5.41, 5.74) is 2.45. The number of benzene rings is 2. The van der Waals surface area contributed by atoms with Gasteiger partial charge >= 0.3 is 5.97 Å². The number of esters is 1. The summed E-state index contributed by atoms with van der Waals surface area (Å²) < 4.78 is 6.10. The minimum Gasteiger partial charge on any atom is -0.469 e. The number of nitrogens with zero attached hydrogens (tertiary/aromatic N) is 1. The van der Waals surface area contributed by atoms with Gasteiger partial charge < -0.3 is 4.74 Å². The summed E-state index contributed by atoms with van der Waals surface area (Å²) in [5, 5.41) is 0. The highest BCUT2D eigenvalue weighted by molar-refractivity contribution is 9.10. The molecule has 4 heteroatoms. The van der Waals surface area contributed by atoms with Gasteiger partial charge in [-0.15, -0.1) is 0 Å². The van der Waals surface area contributed by atoms with Crippen molar-refractivity contribution in [2.75, 3.05) is 20.2 Å². The van der Waals surface area contributed by atoms with Crippen LogP contribution in [0.15, 0.2) is 59.1 Å². The lowest BCUT2D eigenvalue weighted by atomic mass is 9.89. The zero-order valence-electron chi connectivity index (χ0n) is 13.1. The lowest BCUT2D eigenvalue weighted by Gasteiger charge is -2.18. The topological polar surface area (TPSA) is 29.5 Å². The van der Waals surface area contributed by atoms with E-state index in [0.29, 0.717) is 0 Å². The third-order valence-corrected chi connectivity index (χ3v) is 5.18. The van der Waals surface area contributed by atoms with Gasteiger partial charge in [0.05, 0.1) is 13.0 Å². The van der Waals surface area contributed by atoms with Crippen LogP contribution in [-0.4, -0.2) is 31.1 Å². The van der Waals surface area contributed by atoms with Crippen molar-refractivity contribution in [3.05, 3.63) is 70.2 Å². The molecule has 0 aromatic heterocycles. The van der Waals surface area contributed by atoms with Crippen LogP contribution in [0.25, 0.3) is 0 Å². The first-order chi connectivity index (χ1) is 11.2. The van der Waals surface area contributed by atoms with E-state index in [2.05, 4.69) is 51.2 Å². The lowest BCUT2D eigenvalue weighted by molar-refractivity contribution is -0.145. The van der Waals surface area contributed by atoms with Gasteiger partial charge in [0.15, 0.2) is 0 Å². The van der Waals surface area contributed by atoms with Gasteiger partial charge in [-0.1, -0.05) is 64.5 Å². The summed E-state index contributed by atoms with van der Waals surface area (Å²) in [5.74, 6) is -0.0922. The van der Waals surface area contributed by atoms with E-state index in [-0.39, 0.29) is 17.8 Å². The van der Waals surface area contributed by atoms with Gasteiger partial charge in [0.1, 0.15) is 0 Å². The molecule has 0 saturated carbocycles. The number of ether oxygens (including phenoxy) is 1. The molecule has 0 aliphatic carbocycles. The van der Waals surface area contributed by atoms with Gasteiger partial charge in [0, 0.05) is 30.0 Å². The lowest BCUT2D eigenvalue weighted by Crippen LogP contribution is -2.24. The molecule has 2 aromatic carbocycles. The maximum Gasteiger partial charge on any atom is 0.310 e. The maximum atomic E-state index is 12.2. The van der Waals surface area contributed by atoms with E-state index in [1.165, 1.54) is 18.2 Å². The number of methoxy groups -OCH3 is 1. The number of likely N-dealkylation sites (tertiary alicyclic amines) is 1. The predicted molar refractivity (Wildman–Crippen MR) is 94.1 cm³/mol. The number of halogens is 1.